The zero-order valence-electron chi connectivity index (χ0n) is 8.78. The Morgan fingerprint density at radius 1 is 1.44 bits per heavy atom. The molecule has 0 unspecified atom stereocenters. The van der Waals surface area contributed by atoms with E-state index in [9.17, 15) is 0 Å². The van der Waals surface area contributed by atoms with Crippen LogP contribution in [0.2, 0.25) is 5.02 Å². The SMILES string of the molecule is N#CCn1cc(CCN)c2ccc(Cl)cc21. The molecule has 3 nitrogen and oxygen atoms in total. The van der Waals surface area contributed by atoms with E-state index in [1.54, 1.807) is 0 Å². The van der Waals surface area contributed by atoms with E-state index >= 15 is 0 Å². The van der Waals surface area contributed by atoms with Crippen LogP contribution in [-0.2, 0) is 13.0 Å². The minimum atomic E-state index is 0.335. The van der Waals surface area contributed by atoms with Crippen LogP contribution in [0.1, 0.15) is 5.56 Å². The van der Waals surface area contributed by atoms with E-state index in [-0.39, 0.29) is 0 Å². The molecule has 0 atom stereocenters. The summed E-state index contributed by atoms with van der Waals surface area (Å²) in [5, 5.41) is 10.6. The molecule has 16 heavy (non-hydrogen) atoms. The van der Waals surface area contributed by atoms with Gasteiger partial charge in [0.05, 0.1) is 11.6 Å². The lowest BCUT2D eigenvalue weighted by Crippen LogP contribution is -2.02. The van der Waals surface area contributed by atoms with E-state index in [4.69, 9.17) is 22.6 Å². The third-order valence-electron chi connectivity index (χ3n) is 2.58. The molecule has 0 aliphatic heterocycles. The average Bonchev–Trinajstić information content (AvgIpc) is 2.58. The molecular formula is C12H12ClN3. The minimum Gasteiger partial charge on any atom is -0.333 e. The Morgan fingerprint density at radius 2 is 2.25 bits per heavy atom. The number of halogens is 1. The van der Waals surface area contributed by atoms with Gasteiger partial charge in [0.2, 0.25) is 0 Å². The summed E-state index contributed by atoms with van der Waals surface area (Å²) >= 11 is 5.96. The molecule has 0 aliphatic rings. The van der Waals surface area contributed by atoms with Crippen LogP contribution < -0.4 is 5.73 Å². The molecule has 0 bridgehead atoms. The van der Waals surface area contributed by atoms with Gasteiger partial charge in [-0.25, -0.2) is 0 Å². The quantitative estimate of drug-likeness (QED) is 0.885. The van der Waals surface area contributed by atoms with E-state index in [0.29, 0.717) is 18.1 Å². The maximum Gasteiger partial charge on any atom is 0.110 e. The first-order valence-electron chi connectivity index (χ1n) is 5.10. The van der Waals surface area contributed by atoms with E-state index in [1.165, 1.54) is 5.56 Å². The van der Waals surface area contributed by atoms with Gasteiger partial charge >= 0.3 is 0 Å². The normalized spacial score (nSPS) is 10.6. The molecule has 0 aliphatic carbocycles. The molecule has 1 heterocycles. The van der Waals surface area contributed by atoms with E-state index in [0.717, 1.165) is 17.3 Å². The highest BCUT2D eigenvalue weighted by atomic mass is 35.5. The topological polar surface area (TPSA) is 54.7 Å². The number of hydrogen-bond donors (Lipinski definition) is 1. The number of nitrogens with zero attached hydrogens (tertiary/aromatic N) is 2. The molecule has 2 rings (SSSR count). The summed E-state index contributed by atoms with van der Waals surface area (Å²) < 4.78 is 1.91. The van der Waals surface area contributed by atoms with Crippen LogP contribution in [0.25, 0.3) is 10.9 Å². The van der Waals surface area contributed by atoms with Crippen molar-refractivity contribution >= 4 is 22.5 Å². The van der Waals surface area contributed by atoms with Crippen molar-refractivity contribution in [1.29, 1.82) is 5.26 Å². The van der Waals surface area contributed by atoms with Crippen molar-refractivity contribution in [3.63, 3.8) is 0 Å². The Morgan fingerprint density at radius 3 is 2.94 bits per heavy atom. The van der Waals surface area contributed by atoms with Crippen LogP contribution >= 0.6 is 11.6 Å². The maximum absolute atomic E-state index is 8.76. The predicted octanol–water partition coefficient (Wildman–Crippen LogP) is 2.32. The van der Waals surface area contributed by atoms with Crippen LogP contribution in [0.5, 0.6) is 0 Å². The first kappa shape index (κ1) is 11.0. The maximum atomic E-state index is 8.76. The van der Waals surface area contributed by atoms with Gasteiger partial charge in [0, 0.05) is 16.6 Å². The third-order valence-corrected chi connectivity index (χ3v) is 2.82. The number of aromatic nitrogens is 1. The van der Waals surface area contributed by atoms with Gasteiger partial charge in [-0.3, -0.25) is 0 Å². The number of hydrogen-bond acceptors (Lipinski definition) is 2. The lowest BCUT2D eigenvalue weighted by molar-refractivity contribution is 0.861. The first-order chi connectivity index (χ1) is 7.76. The highest BCUT2D eigenvalue weighted by Crippen LogP contribution is 2.25. The standard InChI is InChI=1S/C12H12ClN3/c13-10-1-2-11-9(3-4-14)8-16(6-5-15)12(11)7-10/h1-2,7-8H,3-4,6,14H2. The van der Waals surface area contributed by atoms with Crippen LogP contribution in [0.3, 0.4) is 0 Å². The molecule has 1 aromatic carbocycles. The third kappa shape index (κ3) is 1.90. The molecule has 2 N–H and O–H groups in total. The van der Waals surface area contributed by atoms with Crippen LogP contribution in [0.4, 0.5) is 0 Å². The molecule has 1 aromatic heterocycles. The van der Waals surface area contributed by atoms with Crippen molar-refractivity contribution < 1.29 is 0 Å². The zero-order valence-corrected chi connectivity index (χ0v) is 9.54. The Bertz CT molecular complexity index is 551. The van der Waals surface area contributed by atoms with Gasteiger partial charge in [-0.15, -0.1) is 0 Å². The van der Waals surface area contributed by atoms with E-state index in [2.05, 4.69) is 6.07 Å². The number of fused-ring (bicyclic) bond motifs is 1. The molecule has 2 aromatic rings. The van der Waals surface area contributed by atoms with Gasteiger partial charge in [-0.1, -0.05) is 17.7 Å². The molecular weight excluding hydrogens is 222 g/mol. The summed E-state index contributed by atoms with van der Waals surface area (Å²) in [6.07, 6.45) is 2.80. The molecule has 0 saturated carbocycles. The summed E-state index contributed by atoms with van der Waals surface area (Å²) in [6.45, 7) is 0.940. The second-order valence-corrected chi connectivity index (χ2v) is 4.08. The number of benzene rings is 1. The molecule has 0 fully saturated rings. The van der Waals surface area contributed by atoms with Crippen molar-refractivity contribution in [3.05, 3.63) is 35.0 Å². The average molecular weight is 234 g/mol. The molecule has 0 radical (unpaired) electrons. The lowest BCUT2D eigenvalue weighted by Gasteiger charge is -1.98. The summed E-state index contributed by atoms with van der Waals surface area (Å²) in [6, 6.07) is 7.87. The van der Waals surface area contributed by atoms with Crippen molar-refractivity contribution in [2.45, 2.75) is 13.0 Å². The Labute approximate surface area is 99.0 Å². The van der Waals surface area contributed by atoms with E-state index < -0.39 is 0 Å². The van der Waals surface area contributed by atoms with Crippen molar-refractivity contribution in [3.8, 4) is 6.07 Å². The highest BCUT2D eigenvalue weighted by molar-refractivity contribution is 6.31. The van der Waals surface area contributed by atoms with Gasteiger partial charge in [-0.2, -0.15) is 5.26 Å². The zero-order chi connectivity index (χ0) is 11.5. The van der Waals surface area contributed by atoms with Crippen molar-refractivity contribution in [2.24, 2.45) is 5.73 Å². The predicted molar refractivity (Wildman–Crippen MR) is 65.3 cm³/mol. The smallest absolute Gasteiger partial charge is 0.110 e. The monoisotopic (exact) mass is 233 g/mol. The Kier molecular flexibility index (Phi) is 3.14. The fourth-order valence-corrected chi connectivity index (χ4v) is 2.07. The number of nitrogens with two attached hydrogens (primary N) is 1. The fraction of sp³-hybridized carbons (Fsp3) is 0.250. The fourth-order valence-electron chi connectivity index (χ4n) is 1.90. The number of rotatable bonds is 3. The van der Waals surface area contributed by atoms with Gasteiger partial charge < -0.3 is 10.3 Å². The minimum absolute atomic E-state index is 0.335. The second-order valence-electron chi connectivity index (χ2n) is 3.64. The summed E-state index contributed by atoms with van der Waals surface area (Å²) in [7, 11) is 0. The molecule has 0 amide bonds. The van der Waals surface area contributed by atoms with E-state index in [1.807, 2.05) is 29.0 Å². The van der Waals surface area contributed by atoms with Gasteiger partial charge in [0.15, 0.2) is 0 Å². The molecule has 0 saturated heterocycles. The van der Waals surface area contributed by atoms with Crippen LogP contribution in [0, 0.1) is 11.3 Å². The van der Waals surface area contributed by atoms with Crippen molar-refractivity contribution in [2.75, 3.05) is 6.54 Å². The highest BCUT2D eigenvalue weighted by Gasteiger charge is 2.07. The lowest BCUT2D eigenvalue weighted by atomic mass is 10.1. The largest absolute Gasteiger partial charge is 0.333 e. The second kappa shape index (κ2) is 4.56. The molecule has 0 spiro atoms. The van der Waals surface area contributed by atoms with Crippen molar-refractivity contribution in [1.82, 2.24) is 4.57 Å². The van der Waals surface area contributed by atoms with Crippen LogP contribution in [0.15, 0.2) is 24.4 Å². The Hall–Kier alpha value is -1.50. The summed E-state index contributed by atoms with van der Waals surface area (Å²) in [5.74, 6) is 0. The summed E-state index contributed by atoms with van der Waals surface area (Å²) in [4.78, 5) is 0. The molecule has 82 valence electrons. The first-order valence-corrected chi connectivity index (χ1v) is 5.48. The Balaban J connectivity index is 2.62. The van der Waals surface area contributed by atoms with Gasteiger partial charge in [0.25, 0.3) is 0 Å². The van der Waals surface area contributed by atoms with Gasteiger partial charge in [-0.05, 0) is 30.7 Å². The molecule has 4 heteroatoms. The van der Waals surface area contributed by atoms with Gasteiger partial charge in [0.1, 0.15) is 6.54 Å². The number of nitriles is 1. The summed E-state index contributed by atoms with van der Waals surface area (Å²) in [5.41, 5.74) is 7.73. The van der Waals surface area contributed by atoms with Crippen LogP contribution in [-0.4, -0.2) is 11.1 Å².